The van der Waals surface area contributed by atoms with Crippen LogP contribution in [0.15, 0.2) is 0 Å². The number of unbranched alkanes of at least 4 members (excludes halogenated alkanes) is 8. The van der Waals surface area contributed by atoms with Crippen molar-refractivity contribution >= 4 is 0 Å². The van der Waals surface area contributed by atoms with Gasteiger partial charge in [-0.2, -0.15) is 0 Å². The highest BCUT2D eigenvalue weighted by atomic mass is 17.5. The van der Waals surface area contributed by atoms with Gasteiger partial charge in [0.2, 0.25) is 0 Å². The van der Waals surface area contributed by atoms with E-state index in [1.165, 1.54) is 44.9 Å². The summed E-state index contributed by atoms with van der Waals surface area (Å²) in [4.78, 5) is 4.35. The van der Waals surface area contributed by atoms with Crippen LogP contribution in [0, 0.1) is 0 Å². The molecule has 14 heavy (non-hydrogen) atoms. The summed E-state index contributed by atoms with van der Waals surface area (Å²) in [5.41, 5.74) is 0. The van der Waals surface area contributed by atoms with E-state index in [1.54, 1.807) is 0 Å². The van der Waals surface area contributed by atoms with Crippen LogP contribution in [0.25, 0.3) is 0 Å². The molecular formula is C11H24O3. The Morgan fingerprint density at radius 1 is 0.786 bits per heavy atom. The van der Waals surface area contributed by atoms with E-state index in [0.717, 1.165) is 12.8 Å². The molecule has 0 amide bonds. The fourth-order valence-corrected chi connectivity index (χ4v) is 1.51. The zero-order valence-electron chi connectivity index (χ0n) is 9.33. The second-order valence-corrected chi connectivity index (χ2v) is 3.72. The molecule has 3 heteroatoms. The second-order valence-electron chi connectivity index (χ2n) is 3.72. The lowest BCUT2D eigenvalue weighted by Gasteiger charge is -2.01. The van der Waals surface area contributed by atoms with E-state index >= 15 is 0 Å². The second kappa shape index (κ2) is 12.9. The molecule has 1 N–H and O–H groups in total. The number of hydrogen-bond acceptors (Lipinski definition) is 3. The SMILES string of the molecule is CCCCCCCCCCCOOO. The first-order valence-corrected chi connectivity index (χ1v) is 5.85. The molecule has 0 aliphatic carbocycles. The van der Waals surface area contributed by atoms with E-state index in [2.05, 4.69) is 16.8 Å². The molecule has 0 aliphatic heterocycles. The van der Waals surface area contributed by atoms with Crippen molar-refractivity contribution in [2.75, 3.05) is 6.61 Å². The fraction of sp³-hybridized carbons (Fsp3) is 1.00. The van der Waals surface area contributed by atoms with Gasteiger partial charge in [0.1, 0.15) is 0 Å². The summed E-state index contributed by atoms with van der Waals surface area (Å²) < 4.78 is 0. The third-order valence-corrected chi connectivity index (χ3v) is 2.38. The van der Waals surface area contributed by atoms with Crippen LogP contribution >= 0.6 is 0 Å². The fourth-order valence-electron chi connectivity index (χ4n) is 1.51. The summed E-state index contributed by atoms with van der Waals surface area (Å²) in [6, 6.07) is 0. The normalized spacial score (nSPS) is 10.7. The highest BCUT2D eigenvalue weighted by Gasteiger charge is 1.92. The average molecular weight is 204 g/mol. The van der Waals surface area contributed by atoms with Crippen LogP contribution in [0.1, 0.15) is 64.7 Å². The van der Waals surface area contributed by atoms with Crippen molar-refractivity contribution in [1.29, 1.82) is 0 Å². The van der Waals surface area contributed by atoms with Gasteiger partial charge in [-0.25, -0.2) is 10.1 Å². The third kappa shape index (κ3) is 11.9. The molecule has 0 aliphatic rings. The largest absolute Gasteiger partial charge is 0.221 e. The van der Waals surface area contributed by atoms with Gasteiger partial charge in [0.05, 0.1) is 6.61 Å². The van der Waals surface area contributed by atoms with E-state index in [0.29, 0.717) is 6.61 Å². The van der Waals surface area contributed by atoms with Crippen LogP contribution < -0.4 is 0 Å². The average Bonchev–Trinajstić information content (AvgIpc) is 2.21. The lowest BCUT2D eigenvalue weighted by molar-refractivity contribution is -0.490. The van der Waals surface area contributed by atoms with E-state index in [4.69, 9.17) is 5.26 Å². The summed E-state index contributed by atoms with van der Waals surface area (Å²) in [7, 11) is 0. The van der Waals surface area contributed by atoms with Crippen molar-refractivity contribution in [3.8, 4) is 0 Å². The minimum atomic E-state index is 0.492. The summed E-state index contributed by atoms with van der Waals surface area (Å²) in [6.07, 6.45) is 11.5. The van der Waals surface area contributed by atoms with Crippen molar-refractivity contribution in [2.24, 2.45) is 0 Å². The Bertz CT molecular complexity index is 84.5. The maximum atomic E-state index is 7.87. The predicted octanol–water partition coefficient (Wildman–Crippen LogP) is 3.94. The van der Waals surface area contributed by atoms with Crippen molar-refractivity contribution in [2.45, 2.75) is 64.7 Å². The van der Waals surface area contributed by atoms with Gasteiger partial charge in [0, 0.05) is 0 Å². The molecule has 0 saturated heterocycles. The summed E-state index contributed by atoms with van der Waals surface area (Å²) in [6.45, 7) is 2.73. The minimum Gasteiger partial charge on any atom is -0.221 e. The summed E-state index contributed by atoms with van der Waals surface area (Å²) in [5, 5.41) is 11.4. The van der Waals surface area contributed by atoms with Gasteiger partial charge in [0.25, 0.3) is 0 Å². The van der Waals surface area contributed by atoms with Crippen LogP contribution in [0.5, 0.6) is 0 Å². The van der Waals surface area contributed by atoms with Gasteiger partial charge >= 0.3 is 0 Å². The monoisotopic (exact) mass is 204 g/mol. The Labute approximate surface area is 87.3 Å². The van der Waals surface area contributed by atoms with E-state index in [1.807, 2.05) is 0 Å². The smallest absolute Gasteiger partial charge is 0.0853 e. The van der Waals surface area contributed by atoms with Crippen LogP contribution in [0.3, 0.4) is 0 Å². The van der Waals surface area contributed by atoms with Gasteiger partial charge in [-0.05, 0) is 6.42 Å². The standard InChI is InChI=1S/C11H24O3/c1-2-3-4-5-6-7-8-9-10-11-13-14-12/h12H,2-11H2,1H3. The van der Waals surface area contributed by atoms with Crippen LogP contribution in [-0.2, 0) is 9.93 Å². The Morgan fingerprint density at radius 2 is 1.29 bits per heavy atom. The molecule has 0 atom stereocenters. The molecular weight excluding hydrogens is 180 g/mol. The molecule has 0 unspecified atom stereocenters. The van der Waals surface area contributed by atoms with Gasteiger partial charge < -0.3 is 0 Å². The molecule has 0 radical (unpaired) electrons. The molecule has 0 aromatic rings. The van der Waals surface area contributed by atoms with E-state index in [9.17, 15) is 0 Å². The molecule has 0 heterocycles. The maximum absolute atomic E-state index is 7.87. The molecule has 0 saturated carbocycles. The Hall–Kier alpha value is -0.120. The lowest BCUT2D eigenvalue weighted by atomic mass is 10.1. The van der Waals surface area contributed by atoms with Gasteiger partial charge in [-0.3, -0.25) is 0 Å². The first-order valence-electron chi connectivity index (χ1n) is 5.85. The lowest BCUT2D eigenvalue weighted by Crippen LogP contribution is -1.92. The number of rotatable bonds is 11. The highest BCUT2D eigenvalue weighted by Crippen LogP contribution is 2.09. The number of hydrogen-bond donors (Lipinski definition) is 1. The highest BCUT2D eigenvalue weighted by molar-refractivity contribution is 4.45. The van der Waals surface area contributed by atoms with Crippen molar-refractivity contribution in [1.82, 2.24) is 0 Å². The van der Waals surface area contributed by atoms with Gasteiger partial charge in [-0.1, -0.05) is 63.3 Å². The van der Waals surface area contributed by atoms with Crippen LogP contribution in [-0.4, -0.2) is 11.9 Å². The van der Waals surface area contributed by atoms with Crippen molar-refractivity contribution < 1.29 is 15.2 Å². The Balaban J connectivity index is 2.78. The molecule has 0 rings (SSSR count). The quantitative estimate of drug-likeness (QED) is 0.315. The van der Waals surface area contributed by atoms with Gasteiger partial charge in [0.15, 0.2) is 0 Å². The topological polar surface area (TPSA) is 38.7 Å². The Kier molecular flexibility index (Phi) is 12.8. The van der Waals surface area contributed by atoms with Crippen molar-refractivity contribution in [3.63, 3.8) is 0 Å². The first kappa shape index (κ1) is 13.9. The summed E-state index contributed by atoms with van der Waals surface area (Å²) >= 11 is 0. The van der Waals surface area contributed by atoms with Gasteiger partial charge in [-0.15, -0.1) is 0 Å². The molecule has 0 spiro atoms. The molecule has 0 aromatic carbocycles. The van der Waals surface area contributed by atoms with E-state index < -0.39 is 0 Å². The Morgan fingerprint density at radius 3 is 1.79 bits per heavy atom. The summed E-state index contributed by atoms with van der Waals surface area (Å²) in [5.74, 6) is 0. The van der Waals surface area contributed by atoms with E-state index in [-0.39, 0.29) is 0 Å². The molecule has 0 aromatic heterocycles. The molecule has 86 valence electrons. The molecule has 3 nitrogen and oxygen atoms in total. The maximum Gasteiger partial charge on any atom is 0.0853 e. The van der Waals surface area contributed by atoms with Crippen molar-refractivity contribution in [3.05, 3.63) is 0 Å². The van der Waals surface area contributed by atoms with Crippen LogP contribution in [0.4, 0.5) is 0 Å². The molecule has 0 fully saturated rings. The third-order valence-electron chi connectivity index (χ3n) is 2.38. The zero-order chi connectivity index (χ0) is 10.5. The zero-order valence-corrected chi connectivity index (χ0v) is 9.33. The van der Waals surface area contributed by atoms with Crippen LogP contribution in [0.2, 0.25) is 0 Å². The predicted molar refractivity (Wildman–Crippen MR) is 56.9 cm³/mol. The molecule has 0 bridgehead atoms. The first-order chi connectivity index (χ1) is 6.91. The minimum absolute atomic E-state index is 0.492.